The van der Waals surface area contributed by atoms with E-state index in [9.17, 15) is 8.42 Å². The number of rotatable bonds is 4. The standard InChI is InChI=1S/C14H21BrN2O2S/c1-3-12-10-17(13(4-2)9-16-12)20(18,19)14-7-5-6-11(15)8-14/h5-8,12-13,16H,3-4,9-10H2,1-2H3. The number of sulfonamides is 1. The molecule has 0 spiro atoms. The Hall–Kier alpha value is -0.430. The quantitative estimate of drug-likeness (QED) is 0.897. The summed E-state index contributed by atoms with van der Waals surface area (Å²) in [5.74, 6) is 0. The lowest BCUT2D eigenvalue weighted by molar-refractivity contribution is 0.215. The minimum Gasteiger partial charge on any atom is -0.311 e. The third-order valence-corrected chi connectivity index (χ3v) is 6.22. The number of halogens is 1. The van der Waals surface area contributed by atoms with Crippen molar-refractivity contribution in [3.05, 3.63) is 28.7 Å². The van der Waals surface area contributed by atoms with Gasteiger partial charge in [-0.2, -0.15) is 4.31 Å². The Labute approximate surface area is 129 Å². The lowest BCUT2D eigenvalue weighted by atomic mass is 10.1. The van der Waals surface area contributed by atoms with Gasteiger partial charge in [0.15, 0.2) is 0 Å². The van der Waals surface area contributed by atoms with Gasteiger partial charge in [-0.05, 0) is 31.0 Å². The van der Waals surface area contributed by atoms with Crippen molar-refractivity contribution in [3.63, 3.8) is 0 Å². The zero-order valence-corrected chi connectivity index (χ0v) is 14.2. The third kappa shape index (κ3) is 3.24. The molecule has 20 heavy (non-hydrogen) atoms. The molecule has 1 N–H and O–H groups in total. The molecule has 0 aromatic heterocycles. The van der Waals surface area contributed by atoms with Gasteiger partial charge in [0.1, 0.15) is 0 Å². The number of hydrogen-bond acceptors (Lipinski definition) is 3. The van der Waals surface area contributed by atoms with Crippen LogP contribution in [0.25, 0.3) is 0 Å². The second kappa shape index (κ2) is 6.56. The van der Waals surface area contributed by atoms with Gasteiger partial charge in [0, 0.05) is 29.6 Å². The summed E-state index contributed by atoms with van der Waals surface area (Å²) in [6.45, 7) is 5.38. The Kier molecular flexibility index (Phi) is 5.23. The number of benzene rings is 1. The van der Waals surface area contributed by atoms with Crippen molar-refractivity contribution in [2.75, 3.05) is 13.1 Å². The molecule has 1 aromatic rings. The van der Waals surface area contributed by atoms with Gasteiger partial charge < -0.3 is 5.32 Å². The molecule has 0 saturated carbocycles. The van der Waals surface area contributed by atoms with Gasteiger partial charge in [0.25, 0.3) is 0 Å². The van der Waals surface area contributed by atoms with E-state index in [1.165, 1.54) is 0 Å². The Morgan fingerprint density at radius 1 is 1.35 bits per heavy atom. The highest BCUT2D eigenvalue weighted by Gasteiger charge is 2.35. The first-order valence-electron chi connectivity index (χ1n) is 6.99. The molecule has 4 nitrogen and oxygen atoms in total. The highest BCUT2D eigenvalue weighted by atomic mass is 79.9. The van der Waals surface area contributed by atoms with Crippen molar-refractivity contribution >= 4 is 26.0 Å². The summed E-state index contributed by atoms with van der Waals surface area (Å²) in [6.07, 6.45) is 1.75. The van der Waals surface area contributed by atoms with Crippen LogP contribution in [0.4, 0.5) is 0 Å². The van der Waals surface area contributed by atoms with Crippen LogP contribution in [0.2, 0.25) is 0 Å². The van der Waals surface area contributed by atoms with E-state index in [1.807, 2.05) is 13.0 Å². The summed E-state index contributed by atoms with van der Waals surface area (Å²) in [5, 5.41) is 3.42. The fourth-order valence-electron chi connectivity index (χ4n) is 2.51. The summed E-state index contributed by atoms with van der Waals surface area (Å²) in [5.41, 5.74) is 0. The van der Waals surface area contributed by atoms with E-state index in [0.29, 0.717) is 11.4 Å². The summed E-state index contributed by atoms with van der Waals surface area (Å²) < 4.78 is 28.1. The molecule has 6 heteroatoms. The van der Waals surface area contributed by atoms with Crippen LogP contribution >= 0.6 is 15.9 Å². The molecule has 0 amide bonds. The predicted molar refractivity (Wildman–Crippen MR) is 84.2 cm³/mol. The van der Waals surface area contributed by atoms with Crippen LogP contribution in [0.15, 0.2) is 33.6 Å². The Balaban J connectivity index is 2.34. The fraction of sp³-hybridized carbons (Fsp3) is 0.571. The fourth-order valence-corrected chi connectivity index (χ4v) is 4.85. The average Bonchev–Trinajstić information content (AvgIpc) is 2.46. The molecule has 2 atom stereocenters. The SMILES string of the molecule is CCC1CN(S(=O)(=O)c2cccc(Br)c2)C(CC)CN1. The predicted octanol–water partition coefficient (Wildman–Crippen LogP) is 2.60. The van der Waals surface area contributed by atoms with Gasteiger partial charge in [0.2, 0.25) is 10.0 Å². The highest BCUT2D eigenvalue weighted by molar-refractivity contribution is 9.10. The molecule has 0 radical (unpaired) electrons. The molecule has 1 aliphatic rings. The van der Waals surface area contributed by atoms with E-state index < -0.39 is 10.0 Å². The van der Waals surface area contributed by atoms with Gasteiger partial charge in [-0.15, -0.1) is 0 Å². The molecule has 0 bridgehead atoms. The maximum Gasteiger partial charge on any atom is 0.243 e. The topological polar surface area (TPSA) is 49.4 Å². The van der Waals surface area contributed by atoms with Crippen LogP contribution in [0.5, 0.6) is 0 Å². The Morgan fingerprint density at radius 2 is 2.10 bits per heavy atom. The number of hydrogen-bond donors (Lipinski definition) is 1. The van der Waals surface area contributed by atoms with Crippen LogP contribution in [-0.2, 0) is 10.0 Å². The van der Waals surface area contributed by atoms with Gasteiger partial charge in [-0.3, -0.25) is 0 Å². The van der Waals surface area contributed by atoms with Crippen LogP contribution in [0, 0.1) is 0 Å². The maximum atomic E-state index is 12.8. The normalized spacial score (nSPS) is 24.8. The summed E-state index contributed by atoms with van der Waals surface area (Å²) in [7, 11) is -3.43. The second-order valence-corrected chi connectivity index (χ2v) is 7.91. The maximum absolute atomic E-state index is 12.8. The van der Waals surface area contributed by atoms with Crippen molar-refractivity contribution < 1.29 is 8.42 Å². The van der Waals surface area contributed by atoms with E-state index in [2.05, 4.69) is 28.2 Å². The summed E-state index contributed by atoms with van der Waals surface area (Å²) in [4.78, 5) is 0.363. The smallest absolute Gasteiger partial charge is 0.243 e. The van der Waals surface area contributed by atoms with Gasteiger partial charge >= 0.3 is 0 Å². The third-order valence-electron chi connectivity index (χ3n) is 3.82. The summed E-state index contributed by atoms with van der Waals surface area (Å²) >= 11 is 3.34. The molecule has 1 saturated heterocycles. The lowest BCUT2D eigenvalue weighted by Gasteiger charge is -2.38. The van der Waals surface area contributed by atoms with E-state index in [0.717, 1.165) is 23.9 Å². The first kappa shape index (κ1) is 15.9. The monoisotopic (exact) mass is 360 g/mol. The molecule has 1 heterocycles. The zero-order chi connectivity index (χ0) is 14.8. The first-order chi connectivity index (χ1) is 9.48. The van der Waals surface area contributed by atoms with E-state index in [4.69, 9.17) is 0 Å². The van der Waals surface area contributed by atoms with Crippen LogP contribution in [0.3, 0.4) is 0 Å². The molecule has 112 valence electrons. The molecule has 2 unspecified atom stereocenters. The zero-order valence-electron chi connectivity index (χ0n) is 11.8. The van der Waals surface area contributed by atoms with Crippen molar-refractivity contribution in [3.8, 4) is 0 Å². The van der Waals surface area contributed by atoms with E-state index in [1.54, 1.807) is 22.5 Å². The van der Waals surface area contributed by atoms with Crippen molar-refractivity contribution in [1.82, 2.24) is 9.62 Å². The minimum absolute atomic E-state index is 0.0294. The highest BCUT2D eigenvalue weighted by Crippen LogP contribution is 2.24. The molecular weight excluding hydrogens is 340 g/mol. The van der Waals surface area contributed by atoms with Gasteiger partial charge in [0.05, 0.1) is 4.90 Å². The molecule has 1 aromatic carbocycles. The Bertz CT molecular complexity index is 562. The molecule has 0 aliphatic carbocycles. The van der Waals surface area contributed by atoms with Gasteiger partial charge in [-0.1, -0.05) is 35.8 Å². The van der Waals surface area contributed by atoms with E-state index in [-0.39, 0.29) is 12.1 Å². The van der Waals surface area contributed by atoms with Gasteiger partial charge in [-0.25, -0.2) is 8.42 Å². The largest absolute Gasteiger partial charge is 0.311 e. The summed E-state index contributed by atoms with van der Waals surface area (Å²) in [6, 6.07) is 7.20. The number of nitrogens with zero attached hydrogens (tertiary/aromatic N) is 1. The van der Waals surface area contributed by atoms with Crippen LogP contribution < -0.4 is 5.32 Å². The molecule has 1 aliphatic heterocycles. The second-order valence-electron chi connectivity index (χ2n) is 5.11. The molecular formula is C14H21BrN2O2S. The molecule has 1 fully saturated rings. The Morgan fingerprint density at radius 3 is 2.70 bits per heavy atom. The van der Waals surface area contributed by atoms with Crippen LogP contribution in [-0.4, -0.2) is 37.9 Å². The average molecular weight is 361 g/mol. The van der Waals surface area contributed by atoms with Crippen LogP contribution in [0.1, 0.15) is 26.7 Å². The number of piperazine rings is 1. The van der Waals surface area contributed by atoms with Crippen molar-refractivity contribution in [2.45, 2.75) is 43.7 Å². The number of nitrogens with one attached hydrogen (secondary N) is 1. The molecule has 2 rings (SSSR count). The first-order valence-corrected chi connectivity index (χ1v) is 9.23. The minimum atomic E-state index is -3.43. The lowest BCUT2D eigenvalue weighted by Crippen LogP contribution is -2.57. The van der Waals surface area contributed by atoms with E-state index >= 15 is 0 Å². The van der Waals surface area contributed by atoms with Crippen molar-refractivity contribution in [1.29, 1.82) is 0 Å². The van der Waals surface area contributed by atoms with Crippen molar-refractivity contribution in [2.24, 2.45) is 0 Å².